The summed E-state index contributed by atoms with van der Waals surface area (Å²) in [6.07, 6.45) is -2.24. The number of Topliss-reactive ketones (excluding diaryl/α,β-unsaturated/α-hetero) is 1. The fourth-order valence-electron chi connectivity index (χ4n) is 1.44. The molecule has 0 aromatic heterocycles. The quantitative estimate of drug-likeness (QED) is 0.562. The molecule has 0 amide bonds. The van der Waals surface area contributed by atoms with Crippen molar-refractivity contribution >= 4 is 37.6 Å². The molecule has 1 aromatic rings. The minimum Gasteiger partial charge on any atom is -0.294 e. The van der Waals surface area contributed by atoms with Gasteiger partial charge in [0.05, 0.1) is 0 Å². The zero-order valence-corrected chi connectivity index (χ0v) is 11.5. The van der Waals surface area contributed by atoms with Crippen molar-refractivity contribution in [3.8, 4) is 0 Å². The lowest BCUT2D eigenvalue weighted by Crippen LogP contribution is -2.06. The zero-order chi connectivity index (χ0) is 12.1. The fraction of sp³-hybridized carbons (Fsp3) is 0.364. The number of carbonyl (C=O) groups excluding carboxylic acids is 1. The zero-order valence-electron chi connectivity index (χ0n) is 8.35. The van der Waals surface area contributed by atoms with E-state index in [1.54, 1.807) is 6.07 Å². The summed E-state index contributed by atoms with van der Waals surface area (Å²) in [5.41, 5.74) is 0.704. The van der Waals surface area contributed by atoms with Gasteiger partial charge in [0.25, 0.3) is 6.43 Å². The molecule has 0 saturated carbocycles. The van der Waals surface area contributed by atoms with E-state index in [0.29, 0.717) is 22.9 Å². The number of rotatable bonds is 5. The number of ketones is 1. The van der Waals surface area contributed by atoms with Crippen LogP contribution in [0.25, 0.3) is 0 Å². The Morgan fingerprint density at radius 2 is 2.00 bits per heavy atom. The molecular weight excluding hydrogens is 346 g/mol. The van der Waals surface area contributed by atoms with Gasteiger partial charge in [-0.2, -0.15) is 0 Å². The molecule has 0 spiro atoms. The summed E-state index contributed by atoms with van der Waals surface area (Å²) in [5, 5.41) is 0.795. The van der Waals surface area contributed by atoms with Crippen LogP contribution < -0.4 is 0 Å². The summed E-state index contributed by atoms with van der Waals surface area (Å²) in [6.45, 7) is 0. The molecule has 0 saturated heterocycles. The maximum absolute atomic E-state index is 12.7. The van der Waals surface area contributed by atoms with E-state index in [1.807, 2.05) is 0 Å². The third-order valence-corrected chi connectivity index (χ3v) is 3.16. The van der Waals surface area contributed by atoms with Crippen LogP contribution in [0.15, 0.2) is 18.2 Å². The smallest absolute Gasteiger partial charge is 0.264 e. The SMILES string of the molecule is O=C(CCBr)c1cccc(C(F)F)c1CBr. The first-order chi connectivity index (χ1) is 7.61. The molecule has 0 atom stereocenters. The van der Waals surface area contributed by atoms with Crippen molar-refractivity contribution in [2.75, 3.05) is 5.33 Å². The van der Waals surface area contributed by atoms with E-state index in [2.05, 4.69) is 31.9 Å². The number of halogens is 4. The van der Waals surface area contributed by atoms with Gasteiger partial charge < -0.3 is 0 Å². The van der Waals surface area contributed by atoms with Gasteiger partial charge in [0.15, 0.2) is 5.78 Å². The Hall–Kier alpha value is -0.290. The second kappa shape index (κ2) is 6.45. The van der Waals surface area contributed by atoms with Gasteiger partial charge in [0, 0.05) is 28.2 Å². The Labute approximate surface area is 109 Å². The number of hydrogen-bond acceptors (Lipinski definition) is 1. The maximum atomic E-state index is 12.7. The minimum atomic E-state index is -2.55. The van der Waals surface area contributed by atoms with E-state index in [9.17, 15) is 13.6 Å². The lowest BCUT2D eigenvalue weighted by Gasteiger charge is -2.11. The first-order valence-corrected chi connectivity index (χ1v) is 6.91. The maximum Gasteiger partial charge on any atom is 0.264 e. The predicted molar refractivity (Wildman–Crippen MR) is 66.8 cm³/mol. The van der Waals surface area contributed by atoms with Gasteiger partial charge in [-0.15, -0.1) is 0 Å². The molecule has 0 aliphatic rings. The van der Waals surface area contributed by atoms with Crippen LogP contribution in [0.5, 0.6) is 0 Å². The van der Waals surface area contributed by atoms with E-state index >= 15 is 0 Å². The van der Waals surface area contributed by atoms with Gasteiger partial charge in [-0.05, 0) is 5.56 Å². The normalized spacial score (nSPS) is 10.8. The molecule has 88 valence electrons. The Morgan fingerprint density at radius 3 is 2.50 bits per heavy atom. The summed E-state index contributed by atoms with van der Waals surface area (Å²) < 4.78 is 25.4. The van der Waals surface area contributed by atoms with Gasteiger partial charge >= 0.3 is 0 Å². The highest BCUT2D eigenvalue weighted by atomic mass is 79.9. The third kappa shape index (κ3) is 3.10. The van der Waals surface area contributed by atoms with Crippen LogP contribution >= 0.6 is 31.9 Å². The average Bonchev–Trinajstić information content (AvgIpc) is 2.28. The van der Waals surface area contributed by atoms with E-state index in [-0.39, 0.29) is 16.7 Å². The van der Waals surface area contributed by atoms with Gasteiger partial charge in [0.2, 0.25) is 0 Å². The lowest BCUT2D eigenvalue weighted by atomic mass is 9.98. The first kappa shape index (κ1) is 13.8. The molecule has 0 radical (unpaired) electrons. The van der Waals surface area contributed by atoms with Crippen LogP contribution in [0.4, 0.5) is 8.78 Å². The Morgan fingerprint density at radius 1 is 1.31 bits per heavy atom. The summed E-state index contributed by atoms with van der Waals surface area (Å²) >= 11 is 6.31. The second-order valence-electron chi connectivity index (χ2n) is 3.17. The van der Waals surface area contributed by atoms with Gasteiger partial charge in [0.1, 0.15) is 0 Å². The highest BCUT2D eigenvalue weighted by Crippen LogP contribution is 2.28. The molecule has 0 N–H and O–H groups in total. The standard InChI is InChI=1S/C11H10Br2F2O/c12-5-4-10(16)7-2-1-3-8(11(14)15)9(7)6-13/h1-3,11H,4-6H2. The summed E-state index contributed by atoms with van der Waals surface area (Å²) in [5.74, 6) is -0.117. The molecule has 0 aliphatic carbocycles. The average molecular weight is 356 g/mol. The molecular formula is C11H10Br2F2O. The van der Waals surface area contributed by atoms with Crippen LogP contribution in [-0.2, 0) is 5.33 Å². The van der Waals surface area contributed by atoms with Crippen molar-refractivity contribution in [1.82, 2.24) is 0 Å². The van der Waals surface area contributed by atoms with Crippen LogP contribution in [0.1, 0.15) is 34.3 Å². The fourth-order valence-corrected chi connectivity index (χ4v) is 2.43. The van der Waals surface area contributed by atoms with Crippen LogP contribution in [0, 0.1) is 0 Å². The highest BCUT2D eigenvalue weighted by molar-refractivity contribution is 9.09. The molecule has 0 aliphatic heterocycles. The van der Waals surface area contributed by atoms with Crippen molar-refractivity contribution < 1.29 is 13.6 Å². The van der Waals surface area contributed by atoms with Crippen LogP contribution in [-0.4, -0.2) is 11.1 Å². The number of alkyl halides is 4. The van der Waals surface area contributed by atoms with Gasteiger partial charge in [-0.1, -0.05) is 50.1 Å². The van der Waals surface area contributed by atoms with Gasteiger partial charge in [-0.3, -0.25) is 4.79 Å². The minimum absolute atomic E-state index is 0.0719. The van der Waals surface area contributed by atoms with E-state index < -0.39 is 6.43 Å². The van der Waals surface area contributed by atoms with Crippen molar-refractivity contribution in [2.45, 2.75) is 18.2 Å². The summed E-state index contributed by atoms with van der Waals surface area (Å²) in [6, 6.07) is 4.44. The van der Waals surface area contributed by atoms with Crippen LogP contribution in [0.3, 0.4) is 0 Å². The largest absolute Gasteiger partial charge is 0.294 e. The Bertz CT molecular complexity index is 380. The van der Waals surface area contributed by atoms with Crippen molar-refractivity contribution in [3.05, 3.63) is 34.9 Å². The summed E-state index contributed by atoms with van der Waals surface area (Å²) in [7, 11) is 0. The van der Waals surface area contributed by atoms with Crippen LogP contribution in [0.2, 0.25) is 0 Å². The monoisotopic (exact) mass is 354 g/mol. The molecule has 0 unspecified atom stereocenters. The number of carbonyl (C=O) groups is 1. The topological polar surface area (TPSA) is 17.1 Å². The first-order valence-electron chi connectivity index (χ1n) is 4.66. The highest BCUT2D eigenvalue weighted by Gasteiger charge is 2.18. The number of benzene rings is 1. The molecule has 0 bridgehead atoms. The van der Waals surface area contributed by atoms with E-state index in [0.717, 1.165) is 0 Å². The third-order valence-electron chi connectivity index (χ3n) is 2.20. The van der Waals surface area contributed by atoms with Crippen molar-refractivity contribution in [3.63, 3.8) is 0 Å². The molecule has 5 heteroatoms. The van der Waals surface area contributed by atoms with E-state index in [4.69, 9.17) is 0 Å². The van der Waals surface area contributed by atoms with Crippen molar-refractivity contribution in [2.24, 2.45) is 0 Å². The van der Waals surface area contributed by atoms with E-state index in [1.165, 1.54) is 12.1 Å². The molecule has 0 heterocycles. The predicted octanol–water partition coefficient (Wildman–Crippen LogP) is 4.49. The Kier molecular flexibility index (Phi) is 5.55. The summed E-state index contributed by atoms with van der Waals surface area (Å²) in [4.78, 5) is 11.7. The molecule has 1 aromatic carbocycles. The molecule has 16 heavy (non-hydrogen) atoms. The van der Waals surface area contributed by atoms with Gasteiger partial charge in [-0.25, -0.2) is 8.78 Å². The molecule has 1 rings (SSSR count). The number of hydrogen-bond donors (Lipinski definition) is 0. The Balaban J connectivity index is 3.18. The van der Waals surface area contributed by atoms with Crippen molar-refractivity contribution in [1.29, 1.82) is 0 Å². The molecule has 0 fully saturated rings. The second-order valence-corrected chi connectivity index (χ2v) is 4.52. The lowest BCUT2D eigenvalue weighted by molar-refractivity contribution is 0.0988. The molecule has 1 nitrogen and oxygen atoms in total.